The highest BCUT2D eigenvalue weighted by Gasteiger charge is 2.13. The molecule has 0 saturated heterocycles. The first-order valence-electron chi connectivity index (χ1n) is 6.15. The van der Waals surface area contributed by atoms with E-state index in [1.54, 1.807) is 13.0 Å². The van der Waals surface area contributed by atoms with E-state index in [-0.39, 0.29) is 11.6 Å². The fourth-order valence-corrected chi connectivity index (χ4v) is 1.61. The summed E-state index contributed by atoms with van der Waals surface area (Å²) in [6, 6.07) is 11.1. The van der Waals surface area contributed by atoms with Crippen LogP contribution in [0, 0.1) is 0 Å². The van der Waals surface area contributed by atoms with E-state index < -0.39 is 6.10 Å². The number of carbonyl (C=O) groups excluding carboxylic acids is 1. The van der Waals surface area contributed by atoms with Crippen LogP contribution in [0.5, 0.6) is 0 Å². The summed E-state index contributed by atoms with van der Waals surface area (Å²) in [5, 5.41) is 15.5. The Labute approximate surface area is 111 Å². The van der Waals surface area contributed by atoms with Gasteiger partial charge in [0.1, 0.15) is 0 Å². The summed E-state index contributed by atoms with van der Waals surface area (Å²) in [5.74, 6) is 0.257. The molecule has 0 aliphatic rings. The standard InChI is InChI=1S/C14H16N2O3/c1-10(17)7-8-15-14(18)12-9-13(19-16-12)11-5-3-2-4-6-11/h2-6,9-10,17H,7-8H2,1H3,(H,15,18). The van der Waals surface area contributed by atoms with E-state index in [4.69, 9.17) is 9.63 Å². The lowest BCUT2D eigenvalue weighted by Gasteiger charge is -2.04. The van der Waals surface area contributed by atoms with Crippen LogP contribution in [-0.4, -0.2) is 28.8 Å². The van der Waals surface area contributed by atoms with Crippen molar-refractivity contribution in [3.05, 3.63) is 42.1 Å². The average Bonchev–Trinajstić information content (AvgIpc) is 2.89. The SMILES string of the molecule is CC(O)CCNC(=O)c1cc(-c2ccccc2)on1. The minimum Gasteiger partial charge on any atom is -0.393 e. The number of hydrogen-bond donors (Lipinski definition) is 2. The van der Waals surface area contributed by atoms with E-state index in [0.29, 0.717) is 18.7 Å². The number of carbonyl (C=O) groups is 1. The number of benzene rings is 1. The number of aromatic nitrogens is 1. The maximum absolute atomic E-state index is 11.8. The van der Waals surface area contributed by atoms with Gasteiger partial charge in [0.15, 0.2) is 11.5 Å². The second kappa shape index (κ2) is 6.15. The molecule has 19 heavy (non-hydrogen) atoms. The van der Waals surface area contributed by atoms with Crippen molar-refractivity contribution in [2.24, 2.45) is 0 Å². The van der Waals surface area contributed by atoms with Gasteiger partial charge in [0.25, 0.3) is 5.91 Å². The summed E-state index contributed by atoms with van der Waals surface area (Å²) >= 11 is 0. The average molecular weight is 260 g/mol. The van der Waals surface area contributed by atoms with Crippen LogP contribution < -0.4 is 5.32 Å². The van der Waals surface area contributed by atoms with E-state index in [1.807, 2.05) is 30.3 Å². The van der Waals surface area contributed by atoms with Crippen molar-refractivity contribution in [2.75, 3.05) is 6.54 Å². The summed E-state index contributed by atoms with van der Waals surface area (Å²) in [6.45, 7) is 2.08. The molecule has 0 fully saturated rings. The minimum absolute atomic E-state index is 0.240. The van der Waals surface area contributed by atoms with Crippen LogP contribution in [0.15, 0.2) is 40.9 Å². The first-order valence-corrected chi connectivity index (χ1v) is 6.15. The molecule has 5 nitrogen and oxygen atoms in total. The van der Waals surface area contributed by atoms with Gasteiger partial charge in [-0.05, 0) is 13.3 Å². The molecular formula is C14H16N2O3. The number of hydrogen-bond acceptors (Lipinski definition) is 4. The van der Waals surface area contributed by atoms with Crippen LogP contribution in [0.2, 0.25) is 0 Å². The second-order valence-corrected chi connectivity index (χ2v) is 4.34. The number of aliphatic hydroxyl groups is 1. The third-order valence-corrected chi connectivity index (χ3v) is 2.65. The zero-order chi connectivity index (χ0) is 13.7. The molecule has 1 aromatic heterocycles. The Bertz CT molecular complexity index is 535. The molecule has 0 bridgehead atoms. The predicted octanol–water partition coefficient (Wildman–Crippen LogP) is 1.84. The lowest BCUT2D eigenvalue weighted by Crippen LogP contribution is -2.26. The Hall–Kier alpha value is -2.14. The predicted molar refractivity (Wildman–Crippen MR) is 70.6 cm³/mol. The first-order chi connectivity index (χ1) is 9.16. The van der Waals surface area contributed by atoms with E-state index in [1.165, 1.54) is 0 Å². The molecule has 100 valence electrons. The molecule has 0 aliphatic carbocycles. The normalized spacial score (nSPS) is 12.1. The molecule has 2 rings (SSSR count). The van der Waals surface area contributed by atoms with Gasteiger partial charge in [-0.25, -0.2) is 0 Å². The fraction of sp³-hybridized carbons (Fsp3) is 0.286. The van der Waals surface area contributed by atoms with Gasteiger partial charge in [0.05, 0.1) is 6.10 Å². The van der Waals surface area contributed by atoms with Crippen LogP contribution in [0.3, 0.4) is 0 Å². The number of aliphatic hydroxyl groups excluding tert-OH is 1. The first kappa shape index (κ1) is 13.3. The number of nitrogens with zero attached hydrogens (tertiary/aromatic N) is 1. The highest BCUT2D eigenvalue weighted by atomic mass is 16.5. The summed E-state index contributed by atoms with van der Waals surface area (Å²) in [5.41, 5.74) is 1.11. The molecule has 1 atom stereocenters. The van der Waals surface area contributed by atoms with Crippen LogP contribution >= 0.6 is 0 Å². The summed E-state index contributed by atoms with van der Waals surface area (Å²) in [6.07, 6.45) is 0.0762. The van der Waals surface area contributed by atoms with Gasteiger partial charge >= 0.3 is 0 Å². The molecule has 2 aromatic rings. The summed E-state index contributed by atoms with van der Waals surface area (Å²) < 4.78 is 5.14. The Morgan fingerprint density at radius 1 is 1.42 bits per heavy atom. The molecule has 2 N–H and O–H groups in total. The van der Waals surface area contributed by atoms with Gasteiger partial charge < -0.3 is 14.9 Å². The molecule has 1 amide bonds. The molecule has 5 heteroatoms. The van der Waals surface area contributed by atoms with Gasteiger partial charge in [-0.15, -0.1) is 0 Å². The lowest BCUT2D eigenvalue weighted by molar-refractivity contribution is 0.0936. The number of nitrogens with one attached hydrogen (secondary N) is 1. The van der Waals surface area contributed by atoms with Crippen molar-refractivity contribution in [2.45, 2.75) is 19.4 Å². The Morgan fingerprint density at radius 3 is 2.84 bits per heavy atom. The molecule has 1 aromatic carbocycles. The Morgan fingerprint density at radius 2 is 2.16 bits per heavy atom. The summed E-state index contributed by atoms with van der Waals surface area (Å²) in [4.78, 5) is 11.8. The largest absolute Gasteiger partial charge is 0.393 e. The van der Waals surface area contributed by atoms with Gasteiger partial charge in [0.2, 0.25) is 0 Å². The third-order valence-electron chi connectivity index (χ3n) is 2.65. The van der Waals surface area contributed by atoms with Crippen LogP contribution in [-0.2, 0) is 0 Å². The van der Waals surface area contributed by atoms with E-state index in [9.17, 15) is 4.79 Å². The molecule has 0 aliphatic heterocycles. The smallest absolute Gasteiger partial charge is 0.273 e. The quantitative estimate of drug-likeness (QED) is 0.860. The lowest BCUT2D eigenvalue weighted by atomic mass is 10.1. The molecule has 0 spiro atoms. The van der Waals surface area contributed by atoms with Crippen molar-refractivity contribution in [3.8, 4) is 11.3 Å². The topological polar surface area (TPSA) is 75.4 Å². The van der Waals surface area contributed by atoms with E-state index in [0.717, 1.165) is 5.56 Å². The van der Waals surface area contributed by atoms with Crippen LogP contribution in [0.25, 0.3) is 11.3 Å². The van der Waals surface area contributed by atoms with Crippen molar-refractivity contribution < 1.29 is 14.4 Å². The second-order valence-electron chi connectivity index (χ2n) is 4.34. The Balaban J connectivity index is 1.99. The minimum atomic E-state index is -0.433. The van der Waals surface area contributed by atoms with Crippen LogP contribution in [0.1, 0.15) is 23.8 Å². The van der Waals surface area contributed by atoms with Gasteiger partial charge in [-0.2, -0.15) is 0 Å². The van der Waals surface area contributed by atoms with Gasteiger partial charge in [-0.3, -0.25) is 4.79 Å². The summed E-state index contributed by atoms with van der Waals surface area (Å²) in [7, 11) is 0. The van der Waals surface area contributed by atoms with E-state index >= 15 is 0 Å². The molecule has 1 heterocycles. The van der Waals surface area contributed by atoms with Crippen molar-refractivity contribution in [3.63, 3.8) is 0 Å². The third kappa shape index (κ3) is 3.66. The Kier molecular flexibility index (Phi) is 4.30. The highest BCUT2D eigenvalue weighted by molar-refractivity contribution is 5.93. The van der Waals surface area contributed by atoms with Gasteiger partial charge in [-0.1, -0.05) is 35.5 Å². The zero-order valence-corrected chi connectivity index (χ0v) is 10.7. The highest BCUT2D eigenvalue weighted by Crippen LogP contribution is 2.19. The molecule has 1 unspecified atom stereocenters. The maximum Gasteiger partial charge on any atom is 0.273 e. The number of rotatable bonds is 5. The molecule has 0 saturated carbocycles. The van der Waals surface area contributed by atoms with E-state index in [2.05, 4.69) is 10.5 Å². The van der Waals surface area contributed by atoms with Crippen molar-refractivity contribution in [1.82, 2.24) is 10.5 Å². The molecular weight excluding hydrogens is 244 g/mol. The fourth-order valence-electron chi connectivity index (χ4n) is 1.61. The van der Waals surface area contributed by atoms with Crippen molar-refractivity contribution >= 4 is 5.91 Å². The zero-order valence-electron chi connectivity index (χ0n) is 10.7. The van der Waals surface area contributed by atoms with Crippen LogP contribution in [0.4, 0.5) is 0 Å². The number of amides is 1. The molecule has 0 radical (unpaired) electrons. The maximum atomic E-state index is 11.8. The van der Waals surface area contributed by atoms with Crippen molar-refractivity contribution in [1.29, 1.82) is 0 Å². The monoisotopic (exact) mass is 260 g/mol. The van der Waals surface area contributed by atoms with Gasteiger partial charge in [0, 0.05) is 18.2 Å².